The Morgan fingerprint density at radius 2 is 2.00 bits per heavy atom. The molecule has 1 unspecified atom stereocenters. The average Bonchev–Trinajstić information content (AvgIpc) is 2.68. The Kier molecular flexibility index (Phi) is 4.78. The van der Waals surface area contributed by atoms with Crippen LogP contribution in [0.5, 0.6) is 5.75 Å². The molecule has 2 aliphatic heterocycles. The summed E-state index contributed by atoms with van der Waals surface area (Å²) < 4.78 is 33.5. The Labute approximate surface area is 153 Å². The van der Waals surface area contributed by atoms with Crippen LogP contribution in [0.2, 0.25) is 0 Å². The van der Waals surface area contributed by atoms with Crippen LogP contribution < -0.4 is 9.46 Å². The Hall–Kier alpha value is -2.19. The predicted octanol–water partition coefficient (Wildman–Crippen LogP) is 2.59. The van der Waals surface area contributed by atoms with E-state index in [0.717, 1.165) is 25.1 Å². The smallest absolute Gasteiger partial charge is 0.263 e. The lowest BCUT2D eigenvalue weighted by atomic mass is 9.97. The van der Waals surface area contributed by atoms with E-state index in [4.69, 9.17) is 4.74 Å². The highest BCUT2D eigenvalue weighted by Crippen LogP contribution is 2.38. The van der Waals surface area contributed by atoms with Crippen molar-refractivity contribution in [2.45, 2.75) is 36.6 Å². The molecule has 0 saturated carbocycles. The molecule has 0 bridgehead atoms. The van der Waals surface area contributed by atoms with E-state index in [2.05, 4.69) is 19.6 Å². The number of piperidine rings is 1. The molecule has 1 aromatic heterocycles. The lowest BCUT2D eigenvalue weighted by molar-refractivity contribution is 0.119. The second-order valence-electron chi connectivity index (χ2n) is 6.65. The van der Waals surface area contributed by atoms with Gasteiger partial charge in [-0.15, -0.1) is 0 Å². The number of sulfonamides is 1. The van der Waals surface area contributed by atoms with Gasteiger partial charge in [0.1, 0.15) is 17.9 Å². The van der Waals surface area contributed by atoms with Crippen LogP contribution in [0, 0.1) is 0 Å². The summed E-state index contributed by atoms with van der Waals surface area (Å²) in [5.41, 5.74) is 1.08. The molecule has 1 fully saturated rings. The predicted molar refractivity (Wildman–Crippen MR) is 97.6 cm³/mol. The standard InChI is InChI=1S/C18H22N4O3S/c23-26(24,21-18-6-8-19-13-20-18)14-4-5-15-16(7-11-25-17(15)12-14)22-9-2-1-3-10-22/h4-6,8,12-13,16H,1-3,7,9-11H2,(H,19,20,21). The van der Waals surface area contributed by atoms with Crippen molar-refractivity contribution >= 4 is 15.8 Å². The molecule has 1 aromatic carbocycles. The topological polar surface area (TPSA) is 84.4 Å². The van der Waals surface area contributed by atoms with E-state index in [-0.39, 0.29) is 10.7 Å². The third-order valence-electron chi connectivity index (χ3n) is 4.96. The summed E-state index contributed by atoms with van der Waals surface area (Å²) in [6.45, 7) is 2.80. The van der Waals surface area contributed by atoms with Gasteiger partial charge in [0, 0.05) is 30.3 Å². The van der Waals surface area contributed by atoms with E-state index in [1.165, 1.54) is 37.9 Å². The molecule has 8 heteroatoms. The van der Waals surface area contributed by atoms with E-state index in [9.17, 15) is 8.42 Å². The van der Waals surface area contributed by atoms with Gasteiger partial charge in [-0.1, -0.05) is 12.5 Å². The van der Waals surface area contributed by atoms with Crippen molar-refractivity contribution in [3.63, 3.8) is 0 Å². The van der Waals surface area contributed by atoms with Gasteiger partial charge in [0.25, 0.3) is 10.0 Å². The molecule has 4 rings (SSSR count). The summed E-state index contributed by atoms with van der Waals surface area (Å²) in [5.74, 6) is 0.905. The summed E-state index contributed by atoms with van der Waals surface area (Å²) in [5, 5.41) is 0. The largest absolute Gasteiger partial charge is 0.493 e. The average molecular weight is 374 g/mol. The number of nitrogens with one attached hydrogen (secondary N) is 1. The molecule has 7 nitrogen and oxygen atoms in total. The Bertz CT molecular complexity index is 867. The molecule has 0 spiro atoms. The van der Waals surface area contributed by atoms with Gasteiger partial charge in [-0.3, -0.25) is 9.62 Å². The van der Waals surface area contributed by atoms with Gasteiger partial charge in [-0.2, -0.15) is 0 Å². The minimum Gasteiger partial charge on any atom is -0.493 e. The number of hydrogen-bond donors (Lipinski definition) is 1. The molecule has 1 atom stereocenters. The van der Waals surface area contributed by atoms with Crippen LogP contribution in [0.3, 0.4) is 0 Å². The number of benzene rings is 1. The normalized spacial score (nSPS) is 20.8. The first-order chi connectivity index (χ1) is 12.6. The molecule has 0 radical (unpaired) electrons. The number of hydrogen-bond acceptors (Lipinski definition) is 6. The Balaban J connectivity index is 1.60. The lowest BCUT2D eigenvalue weighted by Gasteiger charge is -2.38. The van der Waals surface area contributed by atoms with E-state index >= 15 is 0 Å². The van der Waals surface area contributed by atoms with E-state index in [1.54, 1.807) is 12.1 Å². The van der Waals surface area contributed by atoms with Gasteiger partial charge in [0.05, 0.1) is 11.5 Å². The van der Waals surface area contributed by atoms with Crippen LogP contribution in [0.4, 0.5) is 5.82 Å². The lowest BCUT2D eigenvalue weighted by Crippen LogP contribution is -2.36. The van der Waals surface area contributed by atoms with Crippen molar-refractivity contribution < 1.29 is 13.2 Å². The van der Waals surface area contributed by atoms with Crippen molar-refractivity contribution in [3.05, 3.63) is 42.4 Å². The molecule has 0 amide bonds. The van der Waals surface area contributed by atoms with Gasteiger partial charge in [-0.25, -0.2) is 18.4 Å². The summed E-state index contributed by atoms with van der Waals surface area (Å²) >= 11 is 0. The first-order valence-corrected chi connectivity index (χ1v) is 10.4. The number of aromatic nitrogens is 2. The number of ether oxygens (including phenoxy) is 1. The second-order valence-corrected chi connectivity index (χ2v) is 8.33. The van der Waals surface area contributed by atoms with Crippen LogP contribution in [-0.4, -0.2) is 43.0 Å². The van der Waals surface area contributed by atoms with Gasteiger partial charge < -0.3 is 4.74 Å². The summed E-state index contributed by atoms with van der Waals surface area (Å²) in [7, 11) is -3.72. The fourth-order valence-electron chi connectivity index (χ4n) is 3.68. The zero-order valence-electron chi connectivity index (χ0n) is 14.5. The molecule has 2 aromatic rings. The van der Waals surface area contributed by atoms with Crippen molar-refractivity contribution in [3.8, 4) is 5.75 Å². The van der Waals surface area contributed by atoms with Crippen molar-refractivity contribution in [2.24, 2.45) is 0 Å². The van der Waals surface area contributed by atoms with E-state index in [1.807, 2.05) is 6.07 Å². The minimum atomic E-state index is -3.72. The molecular formula is C18H22N4O3S. The second kappa shape index (κ2) is 7.20. The molecule has 26 heavy (non-hydrogen) atoms. The first-order valence-electron chi connectivity index (χ1n) is 8.93. The van der Waals surface area contributed by atoms with Gasteiger partial charge in [0.2, 0.25) is 0 Å². The van der Waals surface area contributed by atoms with Crippen molar-refractivity contribution in [1.82, 2.24) is 14.9 Å². The fourth-order valence-corrected chi connectivity index (χ4v) is 4.70. The molecule has 1 saturated heterocycles. The van der Waals surface area contributed by atoms with Gasteiger partial charge in [0.15, 0.2) is 0 Å². The zero-order valence-corrected chi connectivity index (χ0v) is 15.3. The molecule has 1 N–H and O–H groups in total. The maximum atomic E-state index is 12.6. The van der Waals surface area contributed by atoms with E-state index in [0.29, 0.717) is 18.4 Å². The third kappa shape index (κ3) is 3.52. The van der Waals surface area contributed by atoms with Crippen molar-refractivity contribution in [2.75, 3.05) is 24.4 Å². The quantitative estimate of drug-likeness (QED) is 0.885. The fraction of sp³-hybridized carbons (Fsp3) is 0.444. The molecule has 3 heterocycles. The van der Waals surface area contributed by atoms with Crippen LogP contribution in [0.1, 0.15) is 37.3 Å². The summed E-state index contributed by atoms with van der Waals surface area (Å²) in [4.78, 5) is 10.4. The van der Waals surface area contributed by atoms with Gasteiger partial charge >= 0.3 is 0 Å². The van der Waals surface area contributed by atoms with Crippen LogP contribution >= 0.6 is 0 Å². The Morgan fingerprint density at radius 1 is 1.15 bits per heavy atom. The highest BCUT2D eigenvalue weighted by molar-refractivity contribution is 7.92. The van der Waals surface area contributed by atoms with Crippen LogP contribution in [0.15, 0.2) is 41.7 Å². The molecule has 2 aliphatic rings. The van der Waals surface area contributed by atoms with E-state index < -0.39 is 10.0 Å². The number of nitrogens with zero attached hydrogens (tertiary/aromatic N) is 3. The molecule has 0 aliphatic carbocycles. The van der Waals surface area contributed by atoms with Crippen LogP contribution in [-0.2, 0) is 10.0 Å². The zero-order chi connectivity index (χ0) is 18.0. The molecule has 138 valence electrons. The highest BCUT2D eigenvalue weighted by Gasteiger charge is 2.29. The minimum absolute atomic E-state index is 0.175. The number of fused-ring (bicyclic) bond motifs is 1. The number of likely N-dealkylation sites (tertiary alicyclic amines) is 1. The maximum absolute atomic E-state index is 12.6. The third-order valence-corrected chi connectivity index (χ3v) is 6.31. The van der Waals surface area contributed by atoms with Gasteiger partial charge in [-0.05, 0) is 38.1 Å². The number of anilines is 1. The Morgan fingerprint density at radius 3 is 2.77 bits per heavy atom. The van der Waals surface area contributed by atoms with Crippen molar-refractivity contribution in [1.29, 1.82) is 0 Å². The highest BCUT2D eigenvalue weighted by atomic mass is 32.2. The summed E-state index contributed by atoms with van der Waals surface area (Å²) in [6, 6.07) is 6.98. The first kappa shape index (κ1) is 17.2. The maximum Gasteiger partial charge on any atom is 0.263 e. The SMILES string of the molecule is O=S(=O)(Nc1ccncn1)c1ccc2c(c1)OCCC2N1CCCCC1. The summed E-state index contributed by atoms with van der Waals surface area (Å²) in [6.07, 6.45) is 7.47. The van der Waals surface area contributed by atoms with Crippen LogP contribution in [0.25, 0.3) is 0 Å². The monoisotopic (exact) mass is 374 g/mol. The molecular weight excluding hydrogens is 352 g/mol. The number of rotatable bonds is 4.